The van der Waals surface area contributed by atoms with Crippen LogP contribution in [0.5, 0.6) is 5.75 Å². The number of para-hydroxylation sites is 1. The minimum Gasteiger partial charge on any atom is -0.497 e. The molecule has 182 valence electrons. The average Bonchev–Trinajstić information content (AvgIpc) is 2.93. The van der Waals surface area contributed by atoms with Crippen LogP contribution in [0.3, 0.4) is 0 Å². The van der Waals surface area contributed by atoms with Gasteiger partial charge in [-0.15, -0.1) is 0 Å². The number of nitro groups is 1. The summed E-state index contributed by atoms with van der Waals surface area (Å²) in [4.78, 5) is 29.4. The number of benzene rings is 4. The maximum absolute atomic E-state index is 13.0. The van der Waals surface area contributed by atoms with Crippen LogP contribution in [-0.4, -0.2) is 35.7 Å². The van der Waals surface area contributed by atoms with Gasteiger partial charge in [0.2, 0.25) is 0 Å². The van der Waals surface area contributed by atoms with Crippen molar-refractivity contribution in [2.45, 2.75) is 6.92 Å². The van der Waals surface area contributed by atoms with Gasteiger partial charge in [-0.1, -0.05) is 66.2 Å². The van der Waals surface area contributed by atoms with Crippen LogP contribution in [0, 0.1) is 17.0 Å². The number of carbonyl (C=O) groups is 1. The van der Waals surface area contributed by atoms with Gasteiger partial charge in [-0.25, -0.2) is 4.99 Å². The fourth-order valence-electron chi connectivity index (χ4n) is 3.23. The second-order valence-corrected chi connectivity index (χ2v) is 7.82. The highest BCUT2D eigenvalue weighted by atomic mass is 16.6. The van der Waals surface area contributed by atoms with Crippen LogP contribution < -0.4 is 4.74 Å². The first-order valence-corrected chi connectivity index (χ1v) is 11.2. The van der Waals surface area contributed by atoms with E-state index in [9.17, 15) is 14.9 Å². The van der Waals surface area contributed by atoms with E-state index in [1.54, 1.807) is 14.2 Å². The Morgan fingerprint density at radius 1 is 0.806 bits per heavy atom. The van der Waals surface area contributed by atoms with Crippen molar-refractivity contribution in [3.05, 3.63) is 136 Å². The number of non-ortho nitro benzene ring substituents is 1. The zero-order chi connectivity index (χ0) is 25.9. The number of amides is 1. The number of hydrogen-bond donors (Lipinski definition) is 0. The van der Waals surface area contributed by atoms with Crippen molar-refractivity contribution in [1.29, 1.82) is 0 Å². The summed E-state index contributed by atoms with van der Waals surface area (Å²) >= 11 is 0. The number of amidine groups is 1. The summed E-state index contributed by atoms with van der Waals surface area (Å²) in [5.41, 5.74) is 2.93. The highest BCUT2D eigenvalue weighted by Gasteiger charge is 2.19. The lowest BCUT2D eigenvalue weighted by Crippen LogP contribution is -2.33. The number of nitrogens with zero attached hydrogens (tertiary/aromatic N) is 3. The second kappa shape index (κ2) is 12.6. The van der Waals surface area contributed by atoms with Crippen LogP contribution in [0.4, 0.5) is 11.4 Å². The number of ether oxygens (including phenoxy) is 1. The Hall–Kier alpha value is -4.78. The molecule has 0 spiro atoms. The Bertz CT molecular complexity index is 1300. The third kappa shape index (κ3) is 7.11. The molecule has 0 aliphatic carbocycles. The van der Waals surface area contributed by atoms with E-state index in [2.05, 4.69) is 4.99 Å². The largest absolute Gasteiger partial charge is 0.497 e. The van der Waals surface area contributed by atoms with Gasteiger partial charge in [-0.05, 0) is 43.3 Å². The summed E-state index contributed by atoms with van der Waals surface area (Å²) in [6.07, 6.45) is 0. The van der Waals surface area contributed by atoms with Gasteiger partial charge in [0.15, 0.2) is 0 Å². The standard InChI is InChI=1S/C22H19N3O3.C7H8O/c1-16-8-12-19(13-9-16)23-21(17-6-4-3-5-7-17)24(2)22(26)18-10-14-20(15-11-18)25(27)28;1-8-7-5-3-2-4-6-7/h3-15H,1-2H3;2-6H,1H3. The van der Waals surface area contributed by atoms with Crippen molar-refractivity contribution >= 4 is 23.1 Å². The first-order chi connectivity index (χ1) is 17.4. The lowest BCUT2D eigenvalue weighted by Gasteiger charge is -2.20. The number of methoxy groups -OCH3 is 1. The van der Waals surface area contributed by atoms with Gasteiger partial charge in [0.05, 0.1) is 17.7 Å². The van der Waals surface area contributed by atoms with Gasteiger partial charge >= 0.3 is 0 Å². The zero-order valence-electron chi connectivity index (χ0n) is 20.4. The fourth-order valence-corrected chi connectivity index (χ4v) is 3.23. The van der Waals surface area contributed by atoms with Crippen LogP contribution in [-0.2, 0) is 0 Å². The normalized spacial score (nSPS) is 10.6. The van der Waals surface area contributed by atoms with E-state index >= 15 is 0 Å². The molecule has 7 nitrogen and oxygen atoms in total. The molecular formula is C29H27N3O4. The zero-order valence-corrected chi connectivity index (χ0v) is 20.4. The van der Waals surface area contributed by atoms with Crippen molar-refractivity contribution < 1.29 is 14.5 Å². The smallest absolute Gasteiger partial charge is 0.269 e. The number of carbonyl (C=O) groups excluding carboxylic acids is 1. The molecule has 0 saturated heterocycles. The molecule has 4 aromatic carbocycles. The Morgan fingerprint density at radius 3 is 1.86 bits per heavy atom. The highest BCUT2D eigenvalue weighted by Crippen LogP contribution is 2.19. The van der Waals surface area contributed by atoms with Crippen molar-refractivity contribution in [3.63, 3.8) is 0 Å². The summed E-state index contributed by atoms with van der Waals surface area (Å²) in [5, 5.41) is 10.8. The molecule has 36 heavy (non-hydrogen) atoms. The molecule has 0 aliphatic heterocycles. The fraction of sp³-hybridized carbons (Fsp3) is 0.103. The maximum Gasteiger partial charge on any atom is 0.269 e. The molecule has 0 unspecified atom stereocenters. The number of nitro benzene ring substituents is 1. The predicted molar refractivity (Wildman–Crippen MR) is 142 cm³/mol. The van der Waals surface area contributed by atoms with Crippen LogP contribution >= 0.6 is 0 Å². The molecule has 0 radical (unpaired) electrons. The van der Waals surface area contributed by atoms with Crippen LogP contribution in [0.25, 0.3) is 0 Å². The average molecular weight is 482 g/mol. The lowest BCUT2D eigenvalue weighted by molar-refractivity contribution is -0.384. The van der Waals surface area contributed by atoms with Crippen LogP contribution in [0.2, 0.25) is 0 Å². The van der Waals surface area contributed by atoms with E-state index < -0.39 is 4.92 Å². The molecule has 4 rings (SSSR count). The molecule has 0 saturated carbocycles. The van der Waals surface area contributed by atoms with E-state index in [4.69, 9.17) is 4.74 Å². The van der Waals surface area contributed by atoms with E-state index in [0.29, 0.717) is 11.4 Å². The summed E-state index contributed by atoms with van der Waals surface area (Å²) in [6.45, 7) is 2.00. The van der Waals surface area contributed by atoms with Crippen LogP contribution in [0.1, 0.15) is 21.5 Å². The van der Waals surface area contributed by atoms with Gasteiger partial charge in [0.1, 0.15) is 11.6 Å². The Labute approximate surface area is 210 Å². The molecule has 4 aromatic rings. The van der Waals surface area contributed by atoms with Gasteiger partial charge < -0.3 is 4.74 Å². The van der Waals surface area contributed by atoms with Gasteiger partial charge in [-0.3, -0.25) is 19.8 Å². The van der Waals surface area contributed by atoms with Gasteiger partial charge in [0.25, 0.3) is 11.6 Å². The molecular weight excluding hydrogens is 454 g/mol. The SMILES string of the molecule is COc1ccccc1.Cc1ccc(N=C(c2ccccc2)N(C)C(=O)c2ccc([N+](=O)[O-])cc2)cc1. The molecule has 0 aliphatic rings. The maximum atomic E-state index is 13.0. The van der Waals surface area contributed by atoms with Crippen molar-refractivity contribution in [1.82, 2.24) is 4.90 Å². The molecule has 0 aromatic heterocycles. The monoisotopic (exact) mass is 481 g/mol. The van der Waals surface area contributed by atoms with Crippen molar-refractivity contribution in [3.8, 4) is 5.75 Å². The number of hydrogen-bond acceptors (Lipinski definition) is 5. The minimum absolute atomic E-state index is 0.0594. The highest BCUT2D eigenvalue weighted by molar-refractivity contribution is 6.13. The minimum atomic E-state index is -0.494. The number of rotatable bonds is 5. The first kappa shape index (κ1) is 25.8. The van der Waals surface area contributed by atoms with Crippen LogP contribution in [0.15, 0.2) is 114 Å². The Balaban J connectivity index is 0.000000383. The van der Waals surface area contributed by atoms with E-state index in [1.807, 2.05) is 91.9 Å². The molecule has 7 heteroatoms. The molecule has 1 amide bonds. The van der Waals surface area contributed by atoms with Gasteiger partial charge in [0, 0.05) is 30.3 Å². The first-order valence-electron chi connectivity index (χ1n) is 11.2. The second-order valence-electron chi connectivity index (χ2n) is 7.82. The van der Waals surface area contributed by atoms with Crippen molar-refractivity contribution in [2.24, 2.45) is 4.99 Å². The van der Waals surface area contributed by atoms with Gasteiger partial charge in [-0.2, -0.15) is 0 Å². The summed E-state index contributed by atoms with van der Waals surface area (Å²) in [6, 6.07) is 32.3. The topological polar surface area (TPSA) is 85.0 Å². The molecule has 0 bridgehead atoms. The third-order valence-corrected chi connectivity index (χ3v) is 5.23. The molecule has 0 heterocycles. The lowest BCUT2D eigenvalue weighted by atomic mass is 10.1. The Morgan fingerprint density at radius 2 is 1.36 bits per heavy atom. The summed E-state index contributed by atoms with van der Waals surface area (Å²) in [7, 11) is 3.30. The molecule has 0 fully saturated rings. The number of aryl methyl sites for hydroxylation is 1. The van der Waals surface area contributed by atoms with Crippen molar-refractivity contribution in [2.75, 3.05) is 14.2 Å². The van der Waals surface area contributed by atoms with E-state index in [0.717, 1.165) is 22.6 Å². The van der Waals surface area contributed by atoms with E-state index in [-0.39, 0.29) is 11.6 Å². The van der Waals surface area contributed by atoms with E-state index in [1.165, 1.54) is 29.2 Å². The molecule has 0 N–H and O–H groups in total. The quantitative estimate of drug-likeness (QED) is 0.142. The third-order valence-electron chi connectivity index (χ3n) is 5.23. The molecule has 0 atom stereocenters. The summed E-state index contributed by atoms with van der Waals surface area (Å²) < 4.78 is 4.91. The predicted octanol–water partition coefficient (Wildman–Crippen LogP) is 6.45. The summed E-state index contributed by atoms with van der Waals surface area (Å²) in [5.74, 6) is 1.10. The Kier molecular flexibility index (Phi) is 9.06. The number of aliphatic imine (C=N–C) groups is 1.